The van der Waals surface area contributed by atoms with E-state index in [9.17, 15) is 19.8 Å². The fourth-order valence-electron chi connectivity index (χ4n) is 1.98. The van der Waals surface area contributed by atoms with Crippen molar-refractivity contribution in [2.24, 2.45) is 5.73 Å². The van der Waals surface area contributed by atoms with Gasteiger partial charge < -0.3 is 26.4 Å². The molecule has 0 radical (unpaired) electrons. The largest absolute Gasteiger partial charge is 0.479 e. The lowest BCUT2D eigenvalue weighted by molar-refractivity contribution is -0.146. The number of amides is 1. The van der Waals surface area contributed by atoms with Crippen LogP contribution in [-0.4, -0.2) is 51.0 Å². The van der Waals surface area contributed by atoms with Crippen LogP contribution in [-0.2, 0) is 4.79 Å². The van der Waals surface area contributed by atoms with Gasteiger partial charge in [0.25, 0.3) is 5.91 Å². The van der Waals surface area contributed by atoms with Crippen molar-refractivity contribution in [3.63, 3.8) is 0 Å². The van der Waals surface area contributed by atoms with Crippen LogP contribution in [0.4, 0.5) is 0 Å². The number of rotatable bonds is 7. The molecule has 0 fully saturated rings. The lowest BCUT2D eigenvalue weighted by Gasteiger charge is -2.38. The maximum Gasteiger partial charge on any atom is 0.331 e. The molecule has 0 aliphatic carbocycles. The Morgan fingerprint density at radius 2 is 1.85 bits per heavy atom. The van der Waals surface area contributed by atoms with Crippen LogP contribution < -0.4 is 11.1 Å². The summed E-state index contributed by atoms with van der Waals surface area (Å²) in [6, 6.07) is 6.38. The van der Waals surface area contributed by atoms with Gasteiger partial charge in [-0.3, -0.25) is 4.79 Å². The molecule has 0 aromatic heterocycles. The van der Waals surface area contributed by atoms with E-state index in [2.05, 4.69) is 17.2 Å². The van der Waals surface area contributed by atoms with Crippen LogP contribution in [0.3, 0.4) is 0 Å². The van der Waals surface area contributed by atoms with Crippen molar-refractivity contribution >= 4 is 11.9 Å². The van der Waals surface area contributed by atoms with E-state index in [0.717, 1.165) is 0 Å². The topological polar surface area (TPSA) is 133 Å². The normalized spacial score (nSPS) is 14.7. The zero-order valence-electron chi connectivity index (χ0n) is 15.7. The molecule has 2 atom stereocenters. The van der Waals surface area contributed by atoms with Gasteiger partial charge in [-0.15, -0.1) is 0 Å². The van der Waals surface area contributed by atoms with Crippen molar-refractivity contribution in [1.82, 2.24) is 5.32 Å². The molecule has 146 valence electrons. The summed E-state index contributed by atoms with van der Waals surface area (Å²) >= 11 is 0. The standard InChI is InChI=1S/C20H26N2O5/c1-19(2,21)20(3,18(26)27)22-17(25)15-11-9-14(10-12-15)7-5-4-6-8-16(24)13-23/h4,6,9-12,16,23-24H,8,13,21H2,1-3H3,(H,22,25)(H,26,27)/t16?,20-/m1/s1. The minimum absolute atomic E-state index is 0.291. The molecule has 0 heterocycles. The third-order valence-corrected chi connectivity index (χ3v) is 4.26. The van der Waals surface area contributed by atoms with Gasteiger partial charge >= 0.3 is 5.97 Å². The number of carboxylic acid groups (broad SMARTS) is 1. The average molecular weight is 374 g/mol. The molecular formula is C20H26N2O5. The fourth-order valence-corrected chi connectivity index (χ4v) is 1.98. The van der Waals surface area contributed by atoms with E-state index in [4.69, 9.17) is 10.8 Å². The minimum atomic E-state index is -1.63. The van der Waals surface area contributed by atoms with Gasteiger partial charge in [-0.2, -0.15) is 0 Å². The molecule has 0 aliphatic rings. The van der Waals surface area contributed by atoms with Crippen LogP contribution in [0, 0.1) is 11.8 Å². The first-order valence-corrected chi connectivity index (χ1v) is 8.41. The van der Waals surface area contributed by atoms with Gasteiger partial charge in [-0.1, -0.05) is 17.9 Å². The van der Waals surface area contributed by atoms with Crippen molar-refractivity contribution in [3.05, 3.63) is 47.5 Å². The predicted molar refractivity (Wildman–Crippen MR) is 102 cm³/mol. The molecule has 1 aromatic rings. The van der Waals surface area contributed by atoms with Crippen LogP contribution in [0.5, 0.6) is 0 Å². The zero-order chi connectivity index (χ0) is 20.7. The van der Waals surface area contributed by atoms with Crippen LogP contribution in [0.1, 0.15) is 43.1 Å². The van der Waals surface area contributed by atoms with Crippen LogP contribution in [0.25, 0.3) is 0 Å². The third-order valence-electron chi connectivity index (χ3n) is 4.26. The SMILES string of the molecule is CC(C)(N)[C@](C)(NC(=O)c1ccc(C#CC=CCC(O)CO)cc1)C(=O)O. The van der Waals surface area contributed by atoms with Gasteiger partial charge in [0.1, 0.15) is 0 Å². The van der Waals surface area contributed by atoms with E-state index >= 15 is 0 Å². The lowest BCUT2D eigenvalue weighted by Crippen LogP contribution is -2.68. The third kappa shape index (κ3) is 6.22. The first-order valence-electron chi connectivity index (χ1n) is 8.41. The molecule has 0 saturated carbocycles. The summed E-state index contributed by atoms with van der Waals surface area (Å²) in [7, 11) is 0. The molecular weight excluding hydrogens is 348 g/mol. The molecule has 0 spiro atoms. The summed E-state index contributed by atoms with van der Waals surface area (Å²) in [5.41, 5.74) is 4.08. The van der Waals surface area contributed by atoms with E-state index in [1.54, 1.807) is 36.4 Å². The Labute approximate surface area is 158 Å². The Bertz CT molecular complexity index is 753. The Hall–Kier alpha value is -2.66. The van der Waals surface area contributed by atoms with Crippen molar-refractivity contribution < 1.29 is 24.9 Å². The second-order valence-electron chi connectivity index (χ2n) is 6.93. The molecule has 7 heteroatoms. The number of aliphatic carboxylic acids is 1. The molecule has 7 nitrogen and oxygen atoms in total. The molecule has 0 aliphatic heterocycles. The number of carbonyl (C=O) groups is 2. The number of allylic oxidation sites excluding steroid dienone is 1. The number of nitrogens with one attached hydrogen (secondary N) is 1. The van der Waals surface area contributed by atoms with E-state index in [0.29, 0.717) is 17.5 Å². The molecule has 1 amide bonds. The number of benzene rings is 1. The first-order chi connectivity index (χ1) is 12.5. The average Bonchev–Trinajstić information content (AvgIpc) is 2.60. The summed E-state index contributed by atoms with van der Waals surface area (Å²) in [4.78, 5) is 24.0. The Morgan fingerprint density at radius 3 is 2.33 bits per heavy atom. The molecule has 1 aromatic carbocycles. The molecule has 0 bridgehead atoms. The minimum Gasteiger partial charge on any atom is -0.479 e. The highest BCUT2D eigenvalue weighted by atomic mass is 16.4. The first kappa shape index (κ1) is 22.4. The highest BCUT2D eigenvalue weighted by Crippen LogP contribution is 2.20. The summed E-state index contributed by atoms with van der Waals surface area (Å²) in [6.07, 6.45) is 2.73. The smallest absolute Gasteiger partial charge is 0.331 e. The van der Waals surface area contributed by atoms with Crippen molar-refractivity contribution in [3.8, 4) is 11.8 Å². The van der Waals surface area contributed by atoms with Crippen molar-refractivity contribution in [1.29, 1.82) is 0 Å². The van der Waals surface area contributed by atoms with E-state index < -0.39 is 29.1 Å². The highest BCUT2D eigenvalue weighted by molar-refractivity contribution is 5.98. The number of hydrogen-bond donors (Lipinski definition) is 5. The van der Waals surface area contributed by atoms with Gasteiger partial charge in [0.05, 0.1) is 12.7 Å². The second kappa shape index (κ2) is 9.33. The monoisotopic (exact) mass is 374 g/mol. The van der Waals surface area contributed by atoms with Crippen LogP contribution >= 0.6 is 0 Å². The van der Waals surface area contributed by atoms with E-state index in [1.165, 1.54) is 20.8 Å². The summed E-state index contributed by atoms with van der Waals surface area (Å²) < 4.78 is 0. The number of nitrogens with two attached hydrogens (primary N) is 1. The van der Waals surface area contributed by atoms with Gasteiger partial charge in [0.15, 0.2) is 5.54 Å². The summed E-state index contributed by atoms with van der Waals surface area (Å²) in [5.74, 6) is 3.89. The molecule has 1 unspecified atom stereocenters. The fraction of sp³-hybridized carbons (Fsp3) is 0.400. The maximum atomic E-state index is 12.4. The highest BCUT2D eigenvalue weighted by Gasteiger charge is 2.46. The number of aliphatic hydroxyl groups is 2. The lowest BCUT2D eigenvalue weighted by atomic mass is 9.81. The Kier molecular flexibility index (Phi) is 7.73. The number of hydrogen-bond acceptors (Lipinski definition) is 5. The molecule has 1 rings (SSSR count). The number of aliphatic hydroxyl groups excluding tert-OH is 2. The van der Waals surface area contributed by atoms with Crippen molar-refractivity contribution in [2.45, 2.75) is 44.4 Å². The van der Waals surface area contributed by atoms with Gasteiger partial charge in [-0.25, -0.2) is 4.79 Å². The van der Waals surface area contributed by atoms with Gasteiger partial charge in [0.2, 0.25) is 0 Å². The van der Waals surface area contributed by atoms with E-state index in [1.807, 2.05) is 0 Å². The van der Waals surface area contributed by atoms with E-state index in [-0.39, 0.29) is 6.61 Å². The predicted octanol–water partition coefficient (Wildman–Crippen LogP) is 0.648. The maximum absolute atomic E-state index is 12.4. The van der Waals surface area contributed by atoms with Crippen molar-refractivity contribution in [2.75, 3.05) is 6.61 Å². The number of carbonyl (C=O) groups excluding carboxylic acids is 1. The quantitative estimate of drug-likeness (QED) is 0.445. The van der Waals surface area contributed by atoms with Gasteiger partial charge in [0, 0.05) is 16.7 Å². The Morgan fingerprint density at radius 1 is 1.26 bits per heavy atom. The zero-order valence-corrected chi connectivity index (χ0v) is 15.7. The molecule has 6 N–H and O–H groups in total. The molecule has 0 saturated heterocycles. The summed E-state index contributed by atoms with van der Waals surface area (Å²) in [6.45, 7) is 4.14. The van der Waals surface area contributed by atoms with Gasteiger partial charge in [-0.05, 0) is 57.5 Å². The Balaban J connectivity index is 2.82. The molecule has 27 heavy (non-hydrogen) atoms. The second-order valence-corrected chi connectivity index (χ2v) is 6.93. The number of carboxylic acids is 1. The van der Waals surface area contributed by atoms with Crippen LogP contribution in [0.15, 0.2) is 36.4 Å². The summed E-state index contributed by atoms with van der Waals surface area (Å²) in [5, 5.41) is 29.8. The van der Waals surface area contributed by atoms with Crippen LogP contribution in [0.2, 0.25) is 0 Å².